The first kappa shape index (κ1) is 15.9. The van der Waals surface area contributed by atoms with Gasteiger partial charge in [-0.1, -0.05) is 47.6 Å². The zero-order valence-electron chi connectivity index (χ0n) is 13.1. The lowest BCUT2D eigenvalue weighted by molar-refractivity contribution is -0.130. The number of rotatable bonds is 5. The standard InChI is InChI=1S/C18H16FN3O2/c1-22(17(23)11-13-7-9-15(19)10-8-13)12-16-20-18(21-24-16)14-5-3-2-4-6-14/h2-10H,11-12H2,1H3. The highest BCUT2D eigenvalue weighted by Gasteiger charge is 2.15. The van der Waals surface area contributed by atoms with Gasteiger partial charge in [0, 0.05) is 12.6 Å². The minimum absolute atomic E-state index is 0.110. The van der Waals surface area contributed by atoms with Gasteiger partial charge in [-0.15, -0.1) is 0 Å². The van der Waals surface area contributed by atoms with Crippen LogP contribution >= 0.6 is 0 Å². The molecule has 0 aliphatic heterocycles. The van der Waals surface area contributed by atoms with Crippen LogP contribution in [0.15, 0.2) is 59.1 Å². The van der Waals surface area contributed by atoms with Crippen LogP contribution in [0.3, 0.4) is 0 Å². The number of carbonyl (C=O) groups excluding carboxylic acids is 1. The lowest BCUT2D eigenvalue weighted by atomic mass is 10.1. The van der Waals surface area contributed by atoms with Gasteiger partial charge in [0.15, 0.2) is 0 Å². The summed E-state index contributed by atoms with van der Waals surface area (Å²) in [6.45, 7) is 0.222. The zero-order valence-corrected chi connectivity index (χ0v) is 13.1. The van der Waals surface area contributed by atoms with Crippen LogP contribution in [0.2, 0.25) is 0 Å². The third kappa shape index (κ3) is 3.84. The first-order valence-corrected chi connectivity index (χ1v) is 7.48. The first-order chi connectivity index (χ1) is 11.6. The van der Waals surface area contributed by atoms with Crippen LogP contribution in [0.4, 0.5) is 4.39 Å². The van der Waals surface area contributed by atoms with Gasteiger partial charge in [0.25, 0.3) is 0 Å². The maximum absolute atomic E-state index is 12.9. The largest absolute Gasteiger partial charge is 0.337 e. The van der Waals surface area contributed by atoms with Gasteiger partial charge >= 0.3 is 0 Å². The van der Waals surface area contributed by atoms with E-state index < -0.39 is 0 Å². The summed E-state index contributed by atoms with van der Waals surface area (Å²) in [5.41, 5.74) is 1.61. The van der Waals surface area contributed by atoms with Crippen LogP contribution in [0.5, 0.6) is 0 Å². The number of carbonyl (C=O) groups is 1. The molecule has 0 spiro atoms. The molecule has 0 radical (unpaired) electrons. The number of likely N-dealkylation sites (N-methyl/N-ethyl adjacent to an activating group) is 1. The van der Waals surface area contributed by atoms with Crippen LogP contribution in [0.25, 0.3) is 11.4 Å². The van der Waals surface area contributed by atoms with Crippen molar-refractivity contribution in [1.82, 2.24) is 15.0 Å². The smallest absolute Gasteiger partial charge is 0.246 e. The second kappa shape index (κ2) is 7.04. The molecule has 1 amide bonds. The van der Waals surface area contributed by atoms with Crippen molar-refractivity contribution >= 4 is 5.91 Å². The van der Waals surface area contributed by atoms with E-state index in [1.807, 2.05) is 30.3 Å². The van der Waals surface area contributed by atoms with Crippen molar-refractivity contribution in [3.8, 4) is 11.4 Å². The average molecular weight is 325 g/mol. The Morgan fingerprint density at radius 1 is 1.12 bits per heavy atom. The third-order valence-electron chi connectivity index (χ3n) is 3.57. The van der Waals surface area contributed by atoms with E-state index in [-0.39, 0.29) is 24.7 Å². The fourth-order valence-corrected chi connectivity index (χ4v) is 2.23. The second-order valence-corrected chi connectivity index (χ2v) is 5.43. The minimum atomic E-state index is -0.321. The van der Waals surface area contributed by atoms with E-state index in [9.17, 15) is 9.18 Å². The number of amides is 1. The van der Waals surface area contributed by atoms with Crippen molar-refractivity contribution < 1.29 is 13.7 Å². The maximum atomic E-state index is 12.9. The number of aromatic nitrogens is 2. The van der Waals surface area contributed by atoms with E-state index in [4.69, 9.17) is 4.52 Å². The Hall–Kier alpha value is -3.02. The van der Waals surface area contributed by atoms with Gasteiger partial charge in [-0.25, -0.2) is 4.39 Å². The summed E-state index contributed by atoms with van der Waals surface area (Å²) in [7, 11) is 1.66. The normalized spacial score (nSPS) is 10.6. The van der Waals surface area contributed by atoms with Crippen molar-refractivity contribution in [2.45, 2.75) is 13.0 Å². The first-order valence-electron chi connectivity index (χ1n) is 7.48. The molecule has 0 aliphatic carbocycles. The molecular weight excluding hydrogens is 309 g/mol. The lowest BCUT2D eigenvalue weighted by Gasteiger charge is -2.14. The van der Waals surface area contributed by atoms with Crippen molar-refractivity contribution in [2.75, 3.05) is 7.05 Å². The van der Waals surface area contributed by atoms with Gasteiger partial charge in [-0.05, 0) is 17.7 Å². The highest BCUT2D eigenvalue weighted by molar-refractivity contribution is 5.78. The quantitative estimate of drug-likeness (QED) is 0.723. The molecule has 122 valence electrons. The zero-order chi connectivity index (χ0) is 16.9. The van der Waals surface area contributed by atoms with Gasteiger partial charge in [0.2, 0.25) is 17.6 Å². The number of halogens is 1. The molecule has 24 heavy (non-hydrogen) atoms. The Morgan fingerprint density at radius 2 is 1.83 bits per heavy atom. The molecule has 0 saturated carbocycles. The SMILES string of the molecule is CN(Cc1nc(-c2ccccc2)no1)C(=O)Cc1ccc(F)cc1. The van der Waals surface area contributed by atoms with Crippen LogP contribution < -0.4 is 0 Å². The molecule has 3 aromatic rings. The molecule has 1 heterocycles. The Balaban J connectivity index is 1.62. The van der Waals surface area contributed by atoms with E-state index in [1.54, 1.807) is 19.2 Å². The van der Waals surface area contributed by atoms with Crippen molar-refractivity contribution in [3.63, 3.8) is 0 Å². The minimum Gasteiger partial charge on any atom is -0.337 e. The highest BCUT2D eigenvalue weighted by Crippen LogP contribution is 2.15. The van der Waals surface area contributed by atoms with Crippen LogP contribution in [-0.2, 0) is 17.8 Å². The van der Waals surface area contributed by atoms with Gasteiger partial charge in [0.1, 0.15) is 5.82 Å². The molecule has 0 unspecified atom stereocenters. The Bertz CT molecular complexity index is 816. The molecule has 0 saturated heterocycles. The molecule has 5 nitrogen and oxygen atoms in total. The molecular formula is C18H16FN3O2. The van der Waals surface area contributed by atoms with Gasteiger partial charge in [-0.2, -0.15) is 4.98 Å². The fraction of sp³-hybridized carbons (Fsp3) is 0.167. The summed E-state index contributed by atoms with van der Waals surface area (Å²) in [6.07, 6.45) is 0.191. The molecule has 0 atom stereocenters. The predicted octanol–water partition coefficient (Wildman–Crippen LogP) is 3.08. The topological polar surface area (TPSA) is 59.2 Å². The maximum Gasteiger partial charge on any atom is 0.246 e. The van der Waals surface area contributed by atoms with Crippen LogP contribution in [0.1, 0.15) is 11.5 Å². The van der Waals surface area contributed by atoms with E-state index in [2.05, 4.69) is 10.1 Å². The van der Waals surface area contributed by atoms with E-state index in [0.717, 1.165) is 11.1 Å². The summed E-state index contributed by atoms with van der Waals surface area (Å²) in [5, 5.41) is 3.93. The second-order valence-electron chi connectivity index (χ2n) is 5.43. The van der Waals surface area contributed by atoms with Crippen LogP contribution in [0, 0.1) is 5.82 Å². The molecule has 1 aromatic heterocycles. The summed E-state index contributed by atoms with van der Waals surface area (Å²) in [5.74, 6) is 0.425. The molecule has 2 aromatic carbocycles. The van der Waals surface area contributed by atoms with E-state index in [0.29, 0.717) is 11.7 Å². The van der Waals surface area contributed by atoms with Crippen molar-refractivity contribution in [3.05, 3.63) is 71.9 Å². The Morgan fingerprint density at radius 3 is 2.54 bits per heavy atom. The Kier molecular flexibility index (Phi) is 4.65. The lowest BCUT2D eigenvalue weighted by Crippen LogP contribution is -2.27. The van der Waals surface area contributed by atoms with E-state index in [1.165, 1.54) is 17.0 Å². The third-order valence-corrected chi connectivity index (χ3v) is 3.57. The molecule has 0 N–H and O–H groups in total. The van der Waals surface area contributed by atoms with Gasteiger partial charge in [-0.3, -0.25) is 4.79 Å². The number of nitrogens with zero attached hydrogens (tertiary/aromatic N) is 3. The molecule has 6 heteroatoms. The average Bonchev–Trinajstić information content (AvgIpc) is 3.06. The Labute approximate surface area is 138 Å². The summed E-state index contributed by atoms with van der Waals surface area (Å²) in [6, 6.07) is 15.3. The molecule has 0 bridgehead atoms. The van der Waals surface area contributed by atoms with E-state index >= 15 is 0 Å². The highest BCUT2D eigenvalue weighted by atomic mass is 19.1. The van der Waals surface area contributed by atoms with Crippen LogP contribution in [-0.4, -0.2) is 28.0 Å². The molecule has 3 rings (SSSR count). The summed E-state index contributed by atoms with van der Waals surface area (Å²) < 4.78 is 18.1. The summed E-state index contributed by atoms with van der Waals surface area (Å²) in [4.78, 5) is 18.0. The molecule has 0 fully saturated rings. The van der Waals surface area contributed by atoms with Gasteiger partial charge < -0.3 is 9.42 Å². The van der Waals surface area contributed by atoms with Crippen molar-refractivity contribution in [1.29, 1.82) is 0 Å². The number of benzene rings is 2. The predicted molar refractivity (Wildman–Crippen MR) is 86.3 cm³/mol. The summed E-state index contributed by atoms with van der Waals surface area (Å²) >= 11 is 0. The number of hydrogen-bond acceptors (Lipinski definition) is 4. The fourth-order valence-electron chi connectivity index (χ4n) is 2.23. The van der Waals surface area contributed by atoms with Gasteiger partial charge in [0.05, 0.1) is 13.0 Å². The van der Waals surface area contributed by atoms with Crippen molar-refractivity contribution in [2.24, 2.45) is 0 Å². The molecule has 0 aliphatic rings. The number of hydrogen-bond donors (Lipinski definition) is 0. The monoisotopic (exact) mass is 325 g/mol.